The maximum Gasteiger partial charge on any atom is 0.411 e. The van der Waals surface area contributed by atoms with Crippen molar-refractivity contribution >= 4 is 21.6 Å². The van der Waals surface area contributed by atoms with Gasteiger partial charge in [-0.25, -0.2) is 8.42 Å². The topological polar surface area (TPSA) is 97.4 Å². The third-order valence-corrected chi connectivity index (χ3v) is 4.55. The summed E-state index contributed by atoms with van der Waals surface area (Å²) in [6, 6.07) is 8.07. The van der Waals surface area contributed by atoms with E-state index >= 15 is 0 Å². The van der Waals surface area contributed by atoms with E-state index in [-0.39, 0.29) is 23.6 Å². The summed E-state index contributed by atoms with van der Waals surface area (Å²) in [6.45, 7) is -1.80. The van der Waals surface area contributed by atoms with Crippen LogP contribution in [0.15, 0.2) is 53.7 Å². The summed E-state index contributed by atoms with van der Waals surface area (Å²) in [7, 11) is -3.83. The third kappa shape index (κ3) is 6.87. The summed E-state index contributed by atoms with van der Waals surface area (Å²) in [5.41, 5.74) is 0.499. The van der Waals surface area contributed by atoms with Gasteiger partial charge in [0.05, 0.1) is 17.2 Å². The van der Waals surface area contributed by atoms with Gasteiger partial charge in [0.2, 0.25) is 0 Å². The molecule has 0 aliphatic rings. The zero-order valence-corrected chi connectivity index (χ0v) is 14.7. The molecule has 0 radical (unpaired) electrons. The molecule has 1 aromatic carbocycles. The summed E-state index contributed by atoms with van der Waals surface area (Å²) in [5, 5.41) is 2.38. The molecule has 0 aliphatic carbocycles. The normalized spacial score (nSPS) is 11.8. The van der Waals surface area contributed by atoms with E-state index in [4.69, 9.17) is 0 Å². The van der Waals surface area contributed by atoms with Crippen LogP contribution >= 0.6 is 0 Å². The number of sulfonamides is 1. The van der Waals surface area contributed by atoms with E-state index in [1.807, 2.05) is 0 Å². The molecular formula is C16H16F3N3O4S. The number of alkyl halides is 3. The Balaban J connectivity index is 1.89. The first kappa shape index (κ1) is 20.6. The number of aromatic nitrogens is 1. The van der Waals surface area contributed by atoms with Crippen LogP contribution in [0.25, 0.3) is 0 Å². The van der Waals surface area contributed by atoms with E-state index in [0.717, 1.165) is 0 Å². The number of ether oxygens (including phenoxy) is 1. The molecule has 0 aliphatic heterocycles. The fourth-order valence-corrected chi connectivity index (χ4v) is 3.00. The molecule has 0 saturated heterocycles. The molecule has 0 fully saturated rings. The number of carbonyl (C=O) groups excluding carboxylic acids is 1. The van der Waals surface area contributed by atoms with Gasteiger partial charge in [-0.1, -0.05) is 0 Å². The zero-order chi connectivity index (χ0) is 19.9. The summed E-state index contributed by atoms with van der Waals surface area (Å²) >= 11 is 0. The van der Waals surface area contributed by atoms with Crippen LogP contribution in [0.5, 0.6) is 0 Å². The van der Waals surface area contributed by atoms with Gasteiger partial charge < -0.3 is 10.1 Å². The van der Waals surface area contributed by atoms with Crippen LogP contribution in [0.1, 0.15) is 10.4 Å². The van der Waals surface area contributed by atoms with Gasteiger partial charge in [0.1, 0.15) is 6.61 Å². The Morgan fingerprint density at radius 1 is 1.07 bits per heavy atom. The third-order valence-electron chi connectivity index (χ3n) is 3.16. The van der Waals surface area contributed by atoms with E-state index < -0.39 is 28.7 Å². The number of anilines is 1. The smallest absolute Gasteiger partial charge is 0.370 e. The lowest BCUT2D eigenvalue weighted by atomic mass is 10.2. The van der Waals surface area contributed by atoms with E-state index in [2.05, 4.69) is 19.8 Å². The number of nitrogens with zero attached hydrogens (tertiary/aromatic N) is 1. The Morgan fingerprint density at radius 2 is 1.70 bits per heavy atom. The minimum atomic E-state index is -4.42. The van der Waals surface area contributed by atoms with Crippen LogP contribution < -0.4 is 10.0 Å². The first-order chi connectivity index (χ1) is 12.7. The van der Waals surface area contributed by atoms with E-state index in [1.54, 1.807) is 0 Å². The van der Waals surface area contributed by atoms with Crippen molar-refractivity contribution in [1.29, 1.82) is 0 Å². The van der Waals surface area contributed by atoms with Crippen LogP contribution in [-0.2, 0) is 14.8 Å². The second-order valence-electron chi connectivity index (χ2n) is 5.29. The zero-order valence-electron chi connectivity index (χ0n) is 13.9. The first-order valence-corrected chi connectivity index (χ1v) is 9.11. The predicted molar refractivity (Wildman–Crippen MR) is 90.7 cm³/mol. The SMILES string of the molecule is O=C(NCCOCC(F)(F)F)c1ccc(S(=O)(=O)Nc2ccncc2)cc1. The maximum absolute atomic E-state index is 12.3. The lowest BCUT2D eigenvalue weighted by Crippen LogP contribution is -2.28. The Bertz CT molecular complexity index is 857. The molecular weight excluding hydrogens is 387 g/mol. The van der Waals surface area contributed by atoms with E-state index in [1.165, 1.54) is 48.8 Å². The highest BCUT2D eigenvalue weighted by atomic mass is 32.2. The van der Waals surface area contributed by atoms with Crippen LogP contribution in [0, 0.1) is 0 Å². The predicted octanol–water partition coefficient (Wildman–Crippen LogP) is 2.19. The molecule has 1 aromatic heterocycles. The standard InChI is InChI=1S/C16H16F3N3O4S/c17-16(18,19)11-26-10-9-21-15(23)12-1-3-14(4-2-12)27(24,25)22-13-5-7-20-8-6-13/h1-8H,9-11H2,(H,20,22)(H,21,23). The Hall–Kier alpha value is -2.66. The first-order valence-electron chi connectivity index (χ1n) is 7.63. The molecule has 0 unspecified atom stereocenters. The highest BCUT2D eigenvalue weighted by molar-refractivity contribution is 7.92. The monoisotopic (exact) mass is 403 g/mol. The fraction of sp³-hybridized carbons (Fsp3) is 0.250. The summed E-state index contributed by atoms with van der Waals surface area (Å²) < 4.78 is 67.0. The highest BCUT2D eigenvalue weighted by Gasteiger charge is 2.27. The van der Waals surface area contributed by atoms with Crippen molar-refractivity contribution < 1.29 is 31.1 Å². The molecule has 0 spiro atoms. The van der Waals surface area contributed by atoms with Gasteiger partial charge in [0.15, 0.2) is 0 Å². The van der Waals surface area contributed by atoms with Gasteiger partial charge in [-0.3, -0.25) is 14.5 Å². The van der Waals surface area contributed by atoms with Crippen LogP contribution in [0.2, 0.25) is 0 Å². The number of amides is 1. The number of hydrogen-bond acceptors (Lipinski definition) is 5. The van der Waals surface area contributed by atoms with Gasteiger partial charge in [0.25, 0.3) is 15.9 Å². The van der Waals surface area contributed by atoms with Gasteiger partial charge >= 0.3 is 6.18 Å². The average molecular weight is 403 g/mol. The molecule has 1 heterocycles. The fourth-order valence-electron chi connectivity index (χ4n) is 1.95. The van der Waals surface area contributed by atoms with Crippen molar-refractivity contribution in [3.8, 4) is 0 Å². The Labute approximate surface area is 153 Å². The lowest BCUT2D eigenvalue weighted by Gasteiger charge is -2.10. The van der Waals surface area contributed by atoms with Crippen molar-refractivity contribution in [3.05, 3.63) is 54.4 Å². The number of nitrogens with one attached hydrogen (secondary N) is 2. The van der Waals surface area contributed by atoms with Gasteiger partial charge in [-0.05, 0) is 36.4 Å². The molecule has 0 bridgehead atoms. The van der Waals surface area contributed by atoms with Crippen LogP contribution in [-0.4, -0.2) is 45.2 Å². The summed E-state index contributed by atoms with van der Waals surface area (Å²) in [6.07, 6.45) is -1.55. The summed E-state index contributed by atoms with van der Waals surface area (Å²) in [4.78, 5) is 15.6. The maximum atomic E-state index is 12.3. The van der Waals surface area contributed by atoms with Crippen LogP contribution in [0.4, 0.5) is 18.9 Å². The number of halogens is 3. The minimum Gasteiger partial charge on any atom is -0.370 e. The Kier molecular flexibility index (Phi) is 6.75. The average Bonchev–Trinajstić information content (AvgIpc) is 2.61. The molecule has 11 heteroatoms. The number of hydrogen-bond donors (Lipinski definition) is 2. The number of benzene rings is 1. The quantitative estimate of drug-likeness (QED) is 0.659. The van der Waals surface area contributed by atoms with Crippen molar-refractivity contribution in [3.63, 3.8) is 0 Å². The molecule has 1 amide bonds. The molecule has 27 heavy (non-hydrogen) atoms. The van der Waals surface area contributed by atoms with E-state index in [9.17, 15) is 26.4 Å². The van der Waals surface area contributed by atoms with Crippen molar-refractivity contribution in [2.75, 3.05) is 24.5 Å². The van der Waals surface area contributed by atoms with Gasteiger partial charge in [-0.2, -0.15) is 13.2 Å². The number of rotatable bonds is 8. The summed E-state index contributed by atoms with van der Waals surface area (Å²) in [5.74, 6) is -0.559. The molecule has 7 nitrogen and oxygen atoms in total. The second kappa shape index (κ2) is 8.82. The van der Waals surface area contributed by atoms with Crippen molar-refractivity contribution in [1.82, 2.24) is 10.3 Å². The Morgan fingerprint density at radius 3 is 2.30 bits per heavy atom. The van der Waals surface area contributed by atoms with Gasteiger partial charge in [0, 0.05) is 24.5 Å². The van der Waals surface area contributed by atoms with Gasteiger partial charge in [-0.15, -0.1) is 0 Å². The molecule has 2 N–H and O–H groups in total. The molecule has 2 aromatic rings. The molecule has 146 valence electrons. The minimum absolute atomic E-state index is 0.0515. The molecule has 2 rings (SSSR count). The highest BCUT2D eigenvalue weighted by Crippen LogP contribution is 2.16. The number of pyridine rings is 1. The van der Waals surface area contributed by atoms with Crippen LogP contribution in [0.3, 0.4) is 0 Å². The molecule has 0 atom stereocenters. The largest absolute Gasteiger partial charge is 0.411 e. The van der Waals surface area contributed by atoms with E-state index in [0.29, 0.717) is 5.69 Å². The molecule has 0 saturated carbocycles. The lowest BCUT2D eigenvalue weighted by molar-refractivity contribution is -0.173. The van der Waals surface area contributed by atoms with Crippen molar-refractivity contribution in [2.45, 2.75) is 11.1 Å². The van der Waals surface area contributed by atoms with Crippen molar-refractivity contribution in [2.24, 2.45) is 0 Å². The second-order valence-corrected chi connectivity index (χ2v) is 6.97. The number of carbonyl (C=O) groups is 1.